The van der Waals surface area contributed by atoms with Crippen molar-refractivity contribution in [1.29, 1.82) is 0 Å². The molecule has 0 aliphatic carbocycles. The Morgan fingerprint density at radius 1 is 1.26 bits per heavy atom. The Labute approximate surface area is 136 Å². The summed E-state index contributed by atoms with van der Waals surface area (Å²) in [4.78, 5) is 11.8. The standard InChI is InChI=1S/C17H23FO4Si/c1-17(2,3)23(5,6)21-10-13-8-11-7-12(18)9-14(15(11)22-13)16(19)20-4/h7-9H,10H2,1-6H3. The molecule has 0 fully saturated rings. The lowest BCUT2D eigenvalue weighted by atomic mass is 10.1. The number of hydrogen-bond acceptors (Lipinski definition) is 4. The second-order valence-electron chi connectivity index (χ2n) is 7.12. The van der Waals surface area contributed by atoms with E-state index in [0.717, 1.165) is 6.07 Å². The second-order valence-corrected chi connectivity index (χ2v) is 11.9. The van der Waals surface area contributed by atoms with E-state index in [0.29, 0.717) is 23.3 Å². The molecule has 0 N–H and O–H groups in total. The molecule has 1 aromatic heterocycles. The van der Waals surface area contributed by atoms with Crippen molar-refractivity contribution in [2.45, 2.75) is 45.5 Å². The van der Waals surface area contributed by atoms with Gasteiger partial charge in [0.1, 0.15) is 22.7 Å². The van der Waals surface area contributed by atoms with Crippen LogP contribution in [0.4, 0.5) is 4.39 Å². The first-order valence-corrected chi connectivity index (χ1v) is 10.4. The van der Waals surface area contributed by atoms with Crippen molar-refractivity contribution >= 4 is 25.3 Å². The quantitative estimate of drug-likeness (QED) is 0.589. The topological polar surface area (TPSA) is 48.7 Å². The first-order chi connectivity index (χ1) is 10.5. The van der Waals surface area contributed by atoms with Gasteiger partial charge in [-0.3, -0.25) is 0 Å². The average molecular weight is 338 g/mol. The maximum Gasteiger partial charge on any atom is 0.341 e. The van der Waals surface area contributed by atoms with E-state index in [-0.39, 0.29) is 10.6 Å². The summed E-state index contributed by atoms with van der Waals surface area (Å²) in [6.45, 7) is 11.1. The maximum absolute atomic E-state index is 13.7. The number of halogens is 1. The van der Waals surface area contributed by atoms with Crippen LogP contribution < -0.4 is 0 Å². The molecule has 2 aromatic rings. The molecular formula is C17H23FO4Si. The highest BCUT2D eigenvalue weighted by atomic mass is 28.4. The molecule has 0 atom stereocenters. The van der Waals surface area contributed by atoms with Crippen LogP contribution >= 0.6 is 0 Å². The lowest BCUT2D eigenvalue weighted by Crippen LogP contribution is -2.40. The zero-order chi connectivity index (χ0) is 17.4. The van der Waals surface area contributed by atoms with E-state index in [1.165, 1.54) is 13.2 Å². The van der Waals surface area contributed by atoms with E-state index in [9.17, 15) is 9.18 Å². The number of carbonyl (C=O) groups is 1. The molecule has 0 amide bonds. The highest BCUT2D eigenvalue weighted by Gasteiger charge is 2.37. The molecule has 0 unspecified atom stereocenters. The smallest absolute Gasteiger partial charge is 0.341 e. The Kier molecular flexibility index (Phi) is 4.68. The lowest BCUT2D eigenvalue weighted by molar-refractivity contribution is 0.0601. The number of carbonyl (C=O) groups excluding carboxylic acids is 1. The number of esters is 1. The van der Waals surface area contributed by atoms with Gasteiger partial charge in [0.05, 0.1) is 13.7 Å². The van der Waals surface area contributed by atoms with Crippen LogP contribution in [-0.2, 0) is 15.8 Å². The van der Waals surface area contributed by atoms with E-state index < -0.39 is 20.1 Å². The Hall–Kier alpha value is -1.66. The molecule has 0 bridgehead atoms. The minimum Gasteiger partial charge on any atom is -0.465 e. The van der Waals surface area contributed by atoms with Crippen molar-refractivity contribution < 1.29 is 22.8 Å². The van der Waals surface area contributed by atoms with E-state index in [2.05, 4.69) is 38.6 Å². The zero-order valence-corrected chi connectivity index (χ0v) is 15.5. The molecular weight excluding hydrogens is 315 g/mol. The highest BCUT2D eigenvalue weighted by molar-refractivity contribution is 6.74. The molecule has 0 saturated heterocycles. The fourth-order valence-corrected chi connectivity index (χ4v) is 2.91. The van der Waals surface area contributed by atoms with Gasteiger partial charge in [-0.1, -0.05) is 20.8 Å². The molecule has 4 nitrogen and oxygen atoms in total. The summed E-state index contributed by atoms with van der Waals surface area (Å²) >= 11 is 0. The van der Waals surface area contributed by atoms with Crippen molar-refractivity contribution in [3.63, 3.8) is 0 Å². The maximum atomic E-state index is 13.7. The van der Waals surface area contributed by atoms with Gasteiger partial charge in [0.15, 0.2) is 8.32 Å². The van der Waals surface area contributed by atoms with E-state index >= 15 is 0 Å². The predicted octanol–water partition coefficient (Wildman–Crippen LogP) is 4.88. The van der Waals surface area contributed by atoms with E-state index in [1.54, 1.807) is 6.07 Å². The van der Waals surface area contributed by atoms with E-state index in [4.69, 9.17) is 8.84 Å². The molecule has 0 aliphatic heterocycles. The van der Waals surface area contributed by atoms with Gasteiger partial charge >= 0.3 is 5.97 Å². The Morgan fingerprint density at radius 2 is 1.91 bits per heavy atom. The minimum absolute atomic E-state index is 0.0843. The van der Waals surface area contributed by atoms with Crippen molar-refractivity contribution in [1.82, 2.24) is 0 Å². The summed E-state index contributed by atoms with van der Waals surface area (Å²) in [6.07, 6.45) is 0. The molecule has 2 rings (SSSR count). The minimum atomic E-state index is -1.92. The van der Waals surface area contributed by atoms with Gasteiger partial charge in [-0.2, -0.15) is 0 Å². The fraction of sp³-hybridized carbons (Fsp3) is 0.471. The summed E-state index contributed by atoms with van der Waals surface area (Å²) in [6, 6.07) is 4.16. The number of rotatable bonds is 4. The van der Waals surface area contributed by atoms with Crippen LogP contribution in [0, 0.1) is 5.82 Å². The van der Waals surface area contributed by atoms with Crippen LogP contribution in [0.25, 0.3) is 11.0 Å². The van der Waals surface area contributed by atoms with Crippen LogP contribution in [0.1, 0.15) is 36.9 Å². The third-order valence-electron chi connectivity index (χ3n) is 4.42. The number of furan rings is 1. The van der Waals surface area contributed by atoms with Gasteiger partial charge in [0.25, 0.3) is 0 Å². The third kappa shape index (κ3) is 3.64. The Bertz CT molecular complexity index is 728. The first kappa shape index (κ1) is 17.7. The van der Waals surface area contributed by atoms with Gasteiger partial charge in [-0.25, -0.2) is 9.18 Å². The zero-order valence-electron chi connectivity index (χ0n) is 14.5. The number of fused-ring (bicyclic) bond motifs is 1. The summed E-state index contributed by atoms with van der Waals surface area (Å²) in [5.74, 6) is -0.558. The van der Waals surface area contributed by atoms with Crippen LogP contribution in [0.3, 0.4) is 0 Å². The monoisotopic (exact) mass is 338 g/mol. The molecule has 0 radical (unpaired) electrons. The molecule has 23 heavy (non-hydrogen) atoms. The van der Waals surface area contributed by atoms with Crippen molar-refractivity contribution in [2.24, 2.45) is 0 Å². The summed E-state index contributed by atoms with van der Waals surface area (Å²) < 4.78 is 30.2. The molecule has 6 heteroatoms. The van der Waals surface area contributed by atoms with Gasteiger partial charge in [0.2, 0.25) is 0 Å². The average Bonchev–Trinajstić information content (AvgIpc) is 2.85. The van der Waals surface area contributed by atoms with Gasteiger partial charge in [0, 0.05) is 5.39 Å². The van der Waals surface area contributed by atoms with Crippen LogP contribution in [0.2, 0.25) is 18.1 Å². The molecule has 0 saturated carbocycles. The predicted molar refractivity (Wildman–Crippen MR) is 89.5 cm³/mol. The normalized spacial score (nSPS) is 12.7. The molecule has 0 spiro atoms. The third-order valence-corrected chi connectivity index (χ3v) is 8.90. The molecule has 126 valence electrons. The van der Waals surface area contributed by atoms with Crippen molar-refractivity contribution in [2.75, 3.05) is 7.11 Å². The van der Waals surface area contributed by atoms with Crippen molar-refractivity contribution in [3.8, 4) is 0 Å². The SMILES string of the molecule is COC(=O)c1cc(F)cc2cc(CO[Si](C)(C)C(C)(C)C)oc12. The summed E-state index contributed by atoms with van der Waals surface area (Å²) in [5.41, 5.74) is 0.410. The second kappa shape index (κ2) is 6.09. The largest absolute Gasteiger partial charge is 0.465 e. The highest BCUT2D eigenvalue weighted by Crippen LogP contribution is 2.37. The number of ether oxygens (including phenoxy) is 1. The van der Waals surface area contributed by atoms with Crippen LogP contribution in [-0.4, -0.2) is 21.4 Å². The lowest BCUT2D eigenvalue weighted by Gasteiger charge is -2.35. The van der Waals surface area contributed by atoms with Gasteiger partial charge < -0.3 is 13.6 Å². The Morgan fingerprint density at radius 3 is 2.48 bits per heavy atom. The molecule has 1 aromatic carbocycles. The van der Waals surface area contributed by atoms with Gasteiger partial charge in [-0.05, 0) is 36.3 Å². The van der Waals surface area contributed by atoms with Gasteiger partial charge in [-0.15, -0.1) is 0 Å². The number of benzene rings is 1. The Balaban J connectivity index is 2.32. The number of hydrogen-bond donors (Lipinski definition) is 0. The fourth-order valence-electron chi connectivity index (χ4n) is 1.97. The molecule has 1 heterocycles. The molecule has 0 aliphatic rings. The summed E-state index contributed by atoms with van der Waals surface area (Å²) in [7, 11) is -0.662. The van der Waals surface area contributed by atoms with Crippen LogP contribution in [0.15, 0.2) is 22.6 Å². The van der Waals surface area contributed by atoms with Crippen molar-refractivity contribution in [3.05, 3.63) is 35.3 Å². The summed E-state index contributed by atoms with van der Waals surface area (Å²) in [5, 5.41) is 0.613. The van der Waals surface area contributed by atoms with E-state index in [1.807, 2.05) is 0 Å². The van der Waals surface area contributed by atoms with Crippen LogP contribution in [0.5, 0.6) is 0 Å². The first-order valence-electron chi connectivity index (χ1n) is 7.49. The number of methoxy groups -OCH3 is 1.